The van der Waals surface area contributed by atoms with Crippen LogP contribution in [-0.4, -0.2) is 24.7 Å². The second-order valence-corrected chi connectivity index (χ2v) is 8.98. The molecule has 0 aliphatic rings. The second kappa shape index (κ2) is 9.50. The van der Waals surface area contributed by atoms with Crippen molar-refractivity contribution < 1.29 is 4.74 Å². The minimum absolute atomic E-state index is 0.0965. The van der Waals surface area contributed by atoms with Gasteiger partial charge in [0.05, 0.1) is 26.9 Å². The lowest BCUT2D eigenvalue weighted by molar-refractivity contribution is 0.483. The number of ether oxygens (including phenoxy) is 1. The molecular weight excluding hydrogens is 515 g/mol. The Kier molecular flexibility index (Phi) is 6.21. The third kappa shape index (κ3) is 4.68. The lowest BCUT2D eigenvalue weighted by Gasteiger charge is -2.13. The molecule has 5 rings (SSSR count). The molecule has 9 nitrogen and oxygen atoms in total. The van der Waals surface area contributed by atoms with E-state index in [9.17, 15) is 9.59 Å². The third-order valence-corrected chi connectivity index (χ3v) is 6.12. The third-order valence-electron chi connectivity index (χ3n) is 5.56. The molecule has 0 fully saturated rings. The van der Waals surface area contributed by atoms with Crippen molar-refractivity contribution in [2.75, 3.05) is 0 Å². The molecule has 182 valence electrons. The summed E-state index contributed by atoms with van der Waals surface area (Å²) in [5.74, 6) is 0.645. The minimum Gasteiger partial charge on any atom is -0.454 e. The van der Waals surface area contributed by atoms with Crippen LogP contribution in [0.5, 0.6) is 11.5 Å². The van der Waals surface area contributed by atoms with Gasteiger partial charge < -0.3 is 4.74 Å². The molecule has 3 heterocycles. The van der Waals surface area contributed by atoms with E-state index in [2.05, 4.69) is 10.1 Å². The monoisotopic (exact) mass is 530 g/mol. The number of halogens is 2. The van der Waals surface area contributed by atoms with Gasteiger partial charge in [-0.3, -0.25) is 14.8 Å². The Morgan fingerprint density at radius 3 is 2.49 bits per heavy atom. The Morgan fingerprint density at radius 1 is 1.03 bits per heavy atom. The van der Waals surface area contributed by atoms with Gasteiger partial charge in [0, 0.05) is 22.8 Å². The summed E-state index contributed by atoms with van der Waals surface area (Å²) in [6.07, 6.45) is 1.76. The van der Waals surface area contributed by atoms with E-state index in [0.29, 0.717) is 5.75 Å². The zero-order chi connectivity index (χ0) is 26.3. The normalized spacial score (nSPS) is 10.9. The molecular formula is C26H16Cl2N6O3. The van der Waals surface area contributed by atoms with Gasteiger partial charge in [-0.2, -0.15) is 9.94 Å². The highest BCUT2D eigenvalue weighted by molar-refractivity contribution is 6.37. The summed E-state index contributed by atoms with van der Waals surface area (Å²) in [5.41, 5.74) is 2.48. The van der Waals surface area contributed by atoms with Gasteiger partial charge in [0.15, 0.2) is 5.75 Å². The first-order chi connectivity index (χ1) is 17.7. The molecule has 0 saturated carbocycles. The van der Waals surface area contributed by atoms with Crippen molar-refractivity contribution in [3.05, 3.63) is 103 Å². The maximum Gasteiger partial charge on any atom is 0.349 e. The first-order valence-electron chi connectivity index (χ1n) is 10.9. The molecule has 0 atom stereocenters. The number of nitriles is 1. The molecule has 0 bridgehead atoms. The van der Waals surface area contributed by atoms with Crippen molar-refractivity contribution in [2.24, 2.45) is 0 Å². The number of pyridine rings is 2. The second-order valence-electron chi connectivity index (χ2n) is 8.16. The van der Waals surface area contributed by atoms with Crippen molar-refractivity contribution >= 4 is 34.1 Å². The van der Waals surface area contributed by atoms with E-state index in [0.717, 1.165) is 38.1 Å². The van der Waals surface area contributed by atoms with Crippen LogP contribution in [0, 0.1) is 25.2 Å². The van der Waals surface area contributed by atoms with Crippen LogP contribution in [0.1, 0.15) is 17.0 Å². The molecule has 1 N–H and O–H groups in total. The van der Waals surface area contributed by atoms with Crippen molar-refractivity contribution in [1.29, 1.82) is 5.26 Å². The van der Waals surface area contributed by atoms with Gasteiger partial charge in [0.1, 0.15) is 11.8 Å². The van der Waals surface area contributed by atoms with Gasteiger partial charge in [-0.15, -0.1) is 5.10 Å². The number of benzene rings is 2. The zero-order valence-electron chi connectivity index (χ0n) is 19.4. The summed E-state index contributed by atoms with van der Waals surface area (Å²) in [6.45, 7) is 3.92. The van der Waals surface area contributed by atoms with Crippen LogP contribution in [0.2, 0.25) is 10.0 Å². The SMILES string of the molecule is Cc1cc(-c2cc(C)c3cc(Oc4c(Cl)cc(-n5nc(C#N)c(=O)[nH]c5=O)cc4Cl)ccc3n2)ccn1. The quantitative estimate of drug-likeness (QED) is 0.341. The largest absolute Gasteiger partial charge is 0.454 e. The fraction of sp³-hybridized carbons (Fsp3) is 0.0769. The summed E-state index contributed by atoms with van der Waals surface area (Å²) >= 11 is 12.9. The molecule has 11 heteroatoms. The Balaban J connectivity index is 1.50. The number of aromatic nitrogens is 5. The predicted molar refractivity (Wildman–Crippen MR) is 140 cm³/mol. The Labute approximate surface area is 219 Å². The average molecular weight is 531 g/mol. The summed E-state index contributed by atoms with van der Waals surface area (Å²) in [6, 6.07) is 15.8. The number of aryl methyl sites for hydroxylation is 2. The summed E-state index contributed by atoms with van der Waals surface area (Å²) in [4.78, 5) is 34.9. The summed E-state index contributed by atoms with van der Waals surface area (Å²) in [7, 11) is 0. The van der Waals surface area contributed by atoms with Crippen LogP contribution in [0.15, 0.2) is 64.3 Å². The van der Waals surface area contributed by atoms with Crippen LogP contribution in [0.4, 0.5) is 0 Å². The fourth-order valence-corrected chi connectivity index (χ4v) is 4.37. The van der Waals surface area contributed by atoms with E-state index >= 15 is 0 Å². The smallest absolute Gasteiger partial charge is 0.349 e. The first-order valence-corrected chi connectivity index (χ1v) is 11.6. The van der Waals surface area contributed by atoms with E-state index < -0.39 is 16.9 Å². The number of fused-ring (bicyclic) bond motifs is 1. The molecule has 2 aromatic carbocycles. The van der Waals surface area contributed by atoms with E-state index in [1.807, 2.05) is 49.2 Å². The molecule has 5 aromatic rings. The van der Waals surface area contributed by atoms with E-state index in [-0.39, 0.29) is 21.5 Å². The lowest BCUT2D eigenvalue weighted by atomic mass is 10.1. The van der Waals surface area contributed by atoms with E-state index in [1.165, 1.54) is 12.1 Å². The van der Waals surface area contributed by atoms with Crippen LogP contribution in [0.25, 0.3) is 27.8 Å². The van der Waals surface area contributed by atoms with E-state index in [4.69, 9.17) is 38.2 Å². The van der Waals surface area contributed by atoms with E-state index in [1.54, 1.807) is 18.3 Å². The Morgan fingerprint density at radius 2 is 1.78 bits per heavy atom. The maximum absolute atomic E-state index is 12.2. The molecule has 0 saturated heterocycles. The van der Waals surface area contributed by atoms with Crippen molar-refractivity contribution in [3.8, 4) is 34.5 Å². The number of nitrogens with zero attached hydrogens (tertiary/aromatic N) is 5. The Bertz CT molecular complexity index is 1850. The van der Waals surface area contributed by atoms with Gasteiger partial charge in [-0.25, -0.2) is 9.78 Å². The van der Waals surface area contributed by atoms with Crippen LogP contribution in [0.3, 0.4) is 0 Å². The zero-order valence-corrected chi connectivity index (χ0v) is 20.9. The van der Waals surface area contributed by atoms with Crippen LogP contribution in [-0.2, 0) is 0 Å². The molecule has 3 aromatic heterocycles. The highest BCUT2D eigenvalue weighted by Gasteiger charge is 2.16. The highest BCUT2D eigenvalue weighted by Crippen LogP contribution is 2.39. The van der Waals surface area contributed by atoms with Gasteiger partial charge in [-0.05, 0) is 67.9 Å². The van der Waals surface area contributed by atoms with Crippen molar-refractivity contribution in [3.63, 3.8) is 0 Å². The molecule has 0 radical (unpaired) electrons. The first kappa shape index (κ1) is 24.2. The Hall–Kier alpha value is -4.52. The van der Waals surface area contributed by atoms with Gasteiger partial charge in [0.2, 0.25) is 5.69 Å². The standard InChI is InChI=1S/C26H16Cl2N6O3/c1-13-7-22(15-5-6-30-14(2)8-15)31-21-4-3-17(11-18(13)21)37-24-19(27)9-16(10-20(24)28)34-26(36)32-25(35)23(12-29)33-34/h3-11H,1-2H3,(H,32,35,36). The van der Waals surface area contributed by atoms with Crippen molar-refractivity contribution in [2.45, 2.75) is 13.8 Å². The summed E-state index contributed by atoms with van der Waals surface area (Å²) in [5, 5.41) is 13.9. The molecule has 0 amide bonds. The van der Waals surface area contributed by atoms with Crippen molar-refractivity contribution in [1.82, 2.24) is 24.7 Å². The topological polar surface area (TPSA) is 127 Å². The predicted octanol–water partition coefficient (Wildman–Crippen LogP) is 5.12. The molecule has 0 aliphatic heterocycles. The maximum atomic E-state index is 12.2. The lowest BCUT2D eigenvalue weighted by Crippen LogP contribution is -2.33. The van der Waals surface area contributed by atoms with Gasteiger partial charge >= 0.3 is 5.69 Å². The number of rotatable bonds is 4. The molecule has 0 aliphatic carbocycles. The molecule has 37 heavy (non-hydrogen) atoms. The number of hydrogen-bond donors (Lipinski definition) is 1. The van der Waals surface area contributed by atoms with Gasteiger partial charge in [0.25, 0.3) is 5.56 Å². The molecule has 0 spiro atoms. The average Bonchev–Trinajstić information content (AvgIpc) is 2.86. The van der Waals surface area contributed by atoms with Crippen LogP contribution < -0.4 is 16.0 Å². The fourth-order valence-electron chi connectivity index (χ4n) is 3.82. The number of nitrogens with one attached hydrogen (secondary N) is 1. The highest BCUT2D eigenvalue weighted by atomic mass is 35.5. The number of hydrogen-bond acceptors (Lipinski definition) is 7. The summed E-state index contributed by atoms with van der Waals surface area (Å²) < 4.78 is 6.83. The minimum atomic E-state index is -0.884. The number of H-pyrrole nitrogens is 1. The number of aromatic amines is 1. The van der Waals surface area contributed by atoms with Crippen LogP contribution >= 0.6 is 23.2 Å². The van der Waals surface area contributed by atoms with Gasteiger partial charge in [-0.1, -0.05) is 23.2 Å². The molecule has 0 unspecified atom stereocenters.